The first-order valence-electron chi connectivity index (χ1n) is 8.50. The van der Waals surface area contributed by atoms with Crippen LogP contribution in [0, 0.1) is 11.8 Å². The Balaban J connectivity index is 1.89. The number of ether oxygens (including phenoxy) is 1. The molecule has 0 aromatic rings. The highest BCUT2D eigenvalue weighted by molar-refractivity contribution is 5.89. The predicted octanol–water partition coefficient (Wildman–Crippen LogP) is 1.44. The van der Waals surface area contributed by atoms with E-state index in [0.717, 1.165) is 0 Å². The van der Waals surface area contributed by atoms with Crippen molar-refractivity contribution in [2.45, 2.75) is 52.5 Å². The highest BCUT2D eigenvalue weighted by Crippen LogP contribution is 2.28. The maximum atomic E-state index is 12.7. The summed E-state index contributed by atoms with van der Waals surface area (Å²) in [5, 5.41) is 0. The number of likely N-dealkylation sites (tertiary alicyclic amines) is 2. The fourth-order valence-corrected chi connectivity index (χ4v) is 3.37. The second-order valence-electron chi connectivity index (χ2n) is 7.43. The molecule has 0 bridgehead atoms. The quantitative estimate of drug-likeness (QED) is 0.737. The lowest BCUT2D eigenvalue weighted by Gasteiger charge is -2.34. The van der Waals surface area contributed by atoms with Crippen molar-refractivity contribution in [2.24, 2.45) is 11.8 Å². The average Bonchev–Trinajstić information content (AvgIpc) is 2.89. The third-order valence-corrected chi connectivity index (χ3v) is 4.71. The van der Waals surface area contributed by atoms with Gasteiger partial charge in [-0.1, -0.05) is 0 Å². The Bertz CT molecular complexity index is 475. The molecule has 0 saturated carbocycles. The Morgan fingerprint density at radius 1 is 1.17 bits per heavy atom. The van der Waals surface area contributed by atoms with Crippen molar-refractivity contribution in [2.75, 3.05) is 26.2 Å². The van der Waals surface area contributed by atoms with E-state index >= 15 is 0 Å². The van der Waals surface area contributed by atoms with Crippen LogP contribution in [0.3, 0.4) is 0 Å². The summed E-state index contributed by atoms with van der Waals surface area (Å²) in [4.78, 5) is 40.1. The lowest BCUT2D eigenvalue weighted by molar-refractivity contribution is -0.151. The molecule has 0 aliphatic carbocycles. The number of nitrogens with zero attached hydrogens (tertiary/aromatic N) is 2. The molecular weight excluding hydrogens is 296 g/mol. The maximum Gasteiger partial charge on any atom is 0.309 e. The Morgan fingerprint density at radius 3 is 2.26 bits per heavy atom. The van der Waals surface area contributed by atoms with Crippen molar-refractivity contribution in [1.29, 1.82) is 0 Å². The van der Waals surface area contributed by atoms with Crippen LogP contribution in [0.15, 0.2) is 0 Å². The number of carbonyl (C=O) groups excluding carboxylic acids is 3. The third kappa shape index (κ3) is 4.03. The zero-order chi connectivity index (χ0) is 17.2. The van der Waals surface area contributed by atoms with Gasteiger partial charge in [-0.15, -0.1) is 0 Å². The summed E-state index contributed by atoms with van der Waals surface area (Å²) in [5.74, 6) is -0.407. The topological polar surface area (TPSA) is 66.9 Å². The summed E-state index contributed by atoms with van der Waals surface area (Å²) in [7, 11) is 0. The summed E-state index contributed by atoms with van der Waals surface area (Å²) in [5.41, 5.74) is -0.247. The molecule has 2 fully saturated rings. The van der Waals surface area contributed by atoms with E-state index in [0.29, 0.717) is 45.5 Å². The van der Waals surface area contributed by atoms with E-state index in [4.69, 9.17) is 4.74 Å². The molecule has 0 unspecified atom stereocenters. The van der Waals surface area contributed by atoms with Gasteiger partial charge in [-0.05, 0) is 40.5 Å². The van der Waals surface area contributed by atoms with Gasteiger partial charge < -0.3 is 14.5 Å². The maximum absolute atomic E-state index is 12.7. The first kappa shape index (κ1) is 17.8. The molecule has 1 atom stereocenters. The van der Waals surface area contributed by atoms with E-state index in [2.05, 4.69) is 0 Å². The molecule has 0 N–H and O–H groups in total. The van der Waals surface area contributed by atoms with E-state index in [1.807, 2.05) is 20.8 Å². The Morgan fingerprint density at radius 2 is 1.78 bits per heavy atom. The molecule has 2 rings (SSSR count). The smallest absolute Gasteiger partial charge is 0.309 e. The van der Waals surface area contributed by atoms with E-state index in [1.54, 1.807) is 16.7 Å². The van der Waals surface area contributed by atoms with Gasteiger partial charge in [0, 0.05) is 31.6 Å². The number of rotatable bonds is 3. The SMILES string of the molecule is CCOC(=O)C1CCN(C(=O)[C@H]2CC(=O)N(C(C)(C)C)C2)CC1. The number of piperidine rings is 1. The van der Waals surface area contributed by atoms with Crippen LogP contribution in [0.25, 0.3) is 0 Å². The molecule has 0 radical (unpaired) electrons. The number of carbonyl (C=O) groups is 3. The largest absolute Gasteiger partial charge is 0.466 e. The molecule has 0 aromatic heterocycles. The minimum absolute atomic E-state index is 0.0485. The zero-order valence-corrected chi connectivity index (χ0v) is 14.6. The van der Waals surface area contributed by atoms with Gasteiger partial charge in [-0.25, -0.2) is 0 Å². The van der Waals surface area contributed by atoms with Crippen molar-refractivity contribution in [1.82, 2.24) is 9.80 Å². The molecule has 6 nitrogen and oxygen atoms in total. The number of hydrogen-bond donors (Lipinski definition) is 0. The van der Waals surface area contributed by atoms with Gasteiger partial charge in [0.25, 0.3) is 0 Å². The third-order valence-electron chi connectivity index (χ3n) is 4.71. The van der Waals surface area contributed by atoms with E-state index in [-0.39, 0.29) is 35.2 Å². The number of amides is 2. The Kier molecular flexibility index (Phi) is 5.32. The molecule has 2 aliphatic heterocycles. The zero-order valence-electron chi connectivity index (χ0n) is 14.6. The lowest BCUT2D eigenvalue weighted by Crippen LogP contribution is -2.45. The molecular formula is C17H28N2O4. The van der Waals surface area contributed by atoms with E-state index in [9.17, 15) is 14.4 Å². The van der Waals surface area contributed by atoms with Crippen molar-refractivity contribution >= 4 is 17.8 Å². The minimum atomic E-state index is -0.249. The molecule has 2 aliphatic rings. The van der Waals surface area contributed by atoms with Crippen LogP contribution in [0.5, 0.6) is 0 Å². The van der Waals surface area contributed by atoms with Gasteiger partial charge in [0.15, 0.2) is 0 Å². The molecule has 2 heterocycles. The Hall–Kier alpha value is -1.59. The molecule has 6 heteroatoms. The molecule has 2 saturated heterocycles. The molecule has 23 heavy (non-hydrogen) atoms. The fraction of sp³-hybridized carbons (Fsp3) is 0.824. The molecule has 0 spiro atoms. The summed E-state index contributed by atoms with van der Waals surface area (Å²) in [6.45, 7) is 9.80. The van der Waals surface area contributed by atoms with Gasteiger partial charge in [0.1, 0.15) is 0 Å². The highest BCUT2D eigenvalue weighted by Gasteiger charge is 2.41. The van der Waals surface area contributed by atoms with E-state index in [1.165, 1.54) is 0 Å². The summed E-state index contributed by atoms with van der Waals surface area (Å²) in [6.07, 6.45) is 1.59. The van der Waals surface area contributed by atoms with Crippen molar-refractivity contribution in [3.63, 3.8) is 0 Å². The van der Waals surface area contributed by atoms with Crippen LogP contribution >= 0.6 is 0 Å². The van der Waals surface area contributed by atoms with Crippen LogP contribution in [-0.2, 0) is 19.1 Å². The van der Waals surface area contributed by atoms with Crippen LogP contribution in [-0.4, -0.2) is 59.4 Å². The summed E-state index contributed by atoms with van der Waals surface area (Å²) in [6, 6.07) is 0. The average molecular weight is 324 g/mol. The highest BCUT2D eigenvalue weighted by atomic mass is 16.5. The lowest BCUT2D eigenvalue weighted by atomic mass is 9.95. The van der Waals surface area contributed by atoms with Crippen LogP contribution in [0.2, 0.25) is 0 Å². The molecule has 0 aromatic carbocycles. The normalized spacial score (nSPS) is 23.3. The first-order valence-corrected chi connectivity index (χ1v) is 8.50. The van der Waals surface area contributed by atoms with Crippen LogP contribution in [0.1, 0.15) is 47.0 Å². The van der Waals surface area contributed by atoms with Gasteiger partial charge in [0.05, 0.1) is 18.4 Å². The summed E-state index contributed by atoms with van der Waals surface area (Å²) >= 11 is 0. The predicted molar refractivity (Wildman–Crippen MR) is 85.5 cm³/mol. The van der Waals surface area contributed by atoms with Crippen molar-refractivity contribution in [3.8, 4) is 0 Å². The van der Waals surface area contributed by atoms with Crippen LogP contribution in [0.4, 0.5) is 0 Å². The van der Waals surface area contributed by atoms with Gasteiger partial charge in [-0.2, -0.15) is 0 Å². The fourth-order valence-electron chi connectivity index (χ4n) is 3.37. The minimum Gasteiger partial charge on any atom is -0.466 e. The molecule has 2 amide bonds. The first-order chi connectivity index (χ1) is 10.7. The van der Waals surface area contributed by atoms with Crippen LogP contribution < -0.4 is 0 Å². The summed E-state index contributed by atoms with van der Waals surface area (Å²) < 4.78 is 5.05. The van der Waals surface area contributed by atoms with Gasteiger partial charge in [0.2, 0.25) is 11.8 Å². The molecule has 130 valence electrons. The van der Waals surface area contributed by atoms with Crippen molar-refractivity contribution in [3.05, 3.63) is 0 Å². The second kappa shape index (κ2) is 6.89. The van der Waals surface area contributed by atoms with E-state index < -0.39 is 0 Å². The number of esters is 1. The van der Waals surface area contributed by atoms with Crippen molar-refractivity contribution < 1.29 is 19.1 Å². The monoisotopic (exact) mass is 324 g/mol. The Labute approximate surface area is 138 Å². The van der Waals surface area contributed by atoms with Gasteiger partial charge >= 0.3 is 5.97 Å². The second-order valence-corrected chi connectivity index (χ2v) is 7.43. The standard InChI is InChI=1S/C17H28N2O4/c1-5-23-16(22)12-6-8-18(9-7-12)15(21)13-10-14(20)19(11-13)17(2,3)4/h12-13H,5-11H2,1-4H3/t13-/m0/s1. The van der Waals surface area contributed by atoms with Gasteiger partial charge in [-0.3, -0.25) is 14.4 Å². The number of hydrogen-bond acceptors (Lipinski definition) is 4.